The smallest absolute Gasteiger partial charge is 0.273 e. The van der Waals surface area contributed by atoms with Gasteiger partial charge < -0.3 is 0 Å². The molecule has 6 nitrogen and oxygen atoms in total. The van der Waals surface area contributed by atoms with Crippen molar-refractivity contribution in [3.8, 4) is 0 Å². The average Bonchev–Trinajstić information content (AvgIpc) is 2.74. The molecule has 0 amide bonds. The lowest BCUT2D eigenvalue weighted by Crippen LogP contribution is -2.12. The van der Waals surface area contributed by atoms with Crippen LogP contribution in [-0.2, 0) is 12.8 Å². The minimum Gasteiger partial charge on any atom is -0.273 e. The molecule has 0 aliphatic rings. The van der Waals surface area contributed by atoms with Crippen molar-refractivity contribution in [2.75, 3.05) is 0 Å². The van der Waals surface area contributed by atoms with E-state index >= 15 is 0 Å². The summed E-state index contributed by atoms with van der Waals surface area (Å²) in [6.45, 7) is 0. The molecule has 15 heavy (non-hydrogen) atoms. The summed E-state index contributed by atoms with van der Waals surface area (Å²) < 4.78 is 1.86. The molecule has 0 aromatic carbocycles. The van der Waals surface area contributed by atoms with Crippen LogP contribution in [0.3, 0.4) is 0 Å². The van der Waals surface area contributed by atoms with Crippen molar-refractivity contribution in [2.24, 2.45) is 7.05 Å². The monoisotopic (exact) mass is 263 g/mol. The molecular formula is C6H6ClN5OS2. The van der Waals surface area contributed by atoms with E-state index in [0.29, 0.717) is 15.4 Å². The van der Waals surface area contributed by atoms with Crippen molar-refractivity contribution in [3.63, 3.8) is 0 Å². The molecular weight excluding hydrogens is 258 g/mol. The van der Waals surface area contributed by atoms with Crippen LogP contribution >= 0.6 is 34.7 Å². The van der Waals surface area contributed by atoms with Crippen molar-refractivity contribution in [1.29, 1.82) is 0 Å². The summed E-state index contributed by atoms with van der Waals surface area (Å²) in [5, 5.41) is 15.2. The van der Waals surface area contributed by atoms with Gasteiger partial charge in [0.2, 0.25) is 4.47 Å². The van der Waals surface area contributed by atoms with E-state index in [4.69, 9.17) is 11.6 Å². The fraction of sp³-hybridized carbons (Fsp3) is 0.333. The van der Waals surface area contributed by atoms with E-state index in [2.05, 4.69) is 20.4 Å². The van der Waals surface area contributed by atoms with Crippen molar-refractivity contribution in [2.45, 2.75) is 10.9 Å². The van der Waals surface area contributed by atoms with Crippen LogP contribution in [0, 0.1) is 0 Å². The Morgan fingerprint density at radius 1 is 1.60 bits per heavy atom. The molecule has 0 unspecified atom stereocenters. The number of aromatic amines is 1. The summed E-state index contributed by atoms with van der Waals surface area (Å²) in [7, 11) is 1.65. The average molecular weight is 264 g/mol. The highest BCUT2D eigenvalue weighted by atomic mass is 35.5. The Morgan fingerprint density at radius 2 is 2.40 bits per heavy atom. The highest BCUT2D eigenvalue weighted by molar-refractivity contribution is 7.98. The molecule has 0 saturated carbocycles. The Hall–Kier alpha value is -0.860. The van der Waals surface area contributed by atoms with Crippen molar-refractivity contribution in [3.05, 3.63) is 20.0 Å². The molecule has 0 radical (unpaired) electrons. The topological polar surface area (TPSA) is 76.5 Å². The van der Waals surface area contributed by atoms with Gasteiger partial charge >= 0.3 is 5.69 Å². The number of nitrogens with one attached hydrogen (secondary N) is 1. The SMILES string of the molecule is Cn1c(SCc2nnc(Cl)s2)n[nH]c1=O. The van der Waals surface area contributed by atoms with Gasteiger partial charge in [0.25, 0.3) is 0 Å². The lowest BCUT2D eigenvalue weighted by molar-refractivity contribution is 0.765. The van der Waals surface area contributed by atoms with Crippen LogP contribution in [0.2, 0.25) is 4.47 Å². The normalized spacial score (nSPS) is 10.8. The Kier molecular flexibility index (Phi) is 3.08. The second-order valence-corrected chi connectivity index (χ2v) is 5.19. The van der Waals surface area contributed by atoms with E-state index < -0.39 is 0 Å². The molecule has 2 aromatic rings. The maximum absolute atomic E-state index is 11.0. The van der Waals surface area contributed by atoms with Gasteiger partial charge in [-0.25, -0.2) is 9.89 Å². The Bertz CT molecular complexity index is 518. The first-order valence-electron chi connectivity index (χ1n) is 3.89. The molecule has 0 spiro atoms. The molecule has 2 aromatic heterocycles. The van der Waals surface area contributed by atoms with Gasteiger partial charge in [0.05, 0.1) is 5.75 Å². The zero-order valence-electron chi connectivity index (χ0n) is 7.60. The van der Waals surface area contributed by atoms with Gasteiger partial charge in [0.1, 0.15) is 5.01 Å². The number of hydrogen-bond donors (Lipinski definition) is 1. The Morgan fingerprint density at radius 3 is 2.93 bits per heavy atom. The predicted molar refractivity (Wildman–Crippen MR) is 58.3 cm³/mol. The predicted octanol–water partition coefficient (Wildman–Crippen LogP) is 0.906. The second-order valence-electron chi connectivity index (χ2n) is 2.61. The molecule has 9 heteroatoms. The van der Waals surface area contributed by atoms with Gasteiger partial charge in [-0.05, 0) is 11.6 Å². The third-order valence-corrected chi connectivity index (χ3v) is 3.85. The number of halogens is 1. The van der Waals surface area contributed by atoms with E-state index in [1.54, 1.807) is 7.05 Å². The summed E-state index contributed by atoms with van der Waals surface area (Å²) >= 11 is 8.36. The van der Waals surface area contributed by atoms with Crippen LogP contribution in [0.1, 0.15) is 5.01 Å². The molecule has 0 aliphatic carbocycles. The van der Waals surface area contributed by atoms with Crippen LogP contribution in [0.5, 0.6) is 0 Å². The molecule has 1 N–H and O–H groups in total. The number of thioether (sulfide) groups is 1. The lowest BCUT2D eigenvalue weighted by Gasteiger charge is -1.95. The zero-order valence-corrected chi connectivity index (χ0v) is 9.99. The van der Waals surface area contributed by atoms with Crippen LogP contribution in [-0.4, -0.2) is 25.0 Å². The third kappa shape index (κ3) is 2.39. The fourth-order valence-electron chi connectivity index (χ4n) is 0.879. The van der Waals surface area contributed by atoms with Crippen LogP contribution in [0.25, 0.3) is 0 Å². The molecule has 2 heterocycles. The minimum atomic E-state index is -0.229. The van der Waals surface area contributed by atoms with E-state index in [1.807, 2.05) is 0 Å². The van der Waals surface area contributed by atoms with Gasteiger partial charge in [-0.1, -0.05) is 23.1 Å². The summed E-state index contributed by atoms with van der Waals surface area (Å²) in [5.41, 5.74) is -0.229. The number of nitrogens with zero attached hydrogens (tertiary/aromatic N) is 4. The van der Waals surface area contributed by atoms with Crippen molar-refractivity contribution >= 4 is 34.7 Å². The standard InChI is InChI=1S/C6H6ClN5OS2/c1-12-5(13)10-11-6(12)14-2-3-8-9-4(7)15-3/h2H2,1H3,(H,10,13). The Balaban J connectivity index is 2.05. The highest BCUT2D eigenvalue weighted by Gasteiger charge is 2.07. The van der Waals surface area contributed by atoms with Gasteiger partial charge in [-0.2, -0.15) is 0 Å². The molecule has 80 valence electrons. The molecule has 0 saturated heterocycles. The molecule has 0 atom stereocenters. The maximum atomic E-state index is 11.0. The summed E-state index contributed by atoms with van der Waals surface area (Å²) in [6, 6.07) is 0. The van der Waals surface area contributed by atoms with Gasteiger partial charge in [-0.3, -0.25) is 4.57 Å². The highest BCUT2D eigenvalue weighted by Crippen LogP contribution is 2.23. The molecule has 2 rings (SSSR count). The van der Waals surface area contributed by atoms with E-state index in [-0.39, 0.29) is 5.69 Å². The van der Waals surface area contributed by atoms with E-state index in [0.717, 1.165) is 5.01 Å². The van der Waals surface area contributed by atoms with Gasteiger partial charge in [0, 0.05) is 7.05 Å². The summed E-state index contributed by atoms with van der Waals surface area (Å²) in [6.07, 6.45) is 0. The lowest BCUT2D eigenvalue weighted by atomic mass is 10.9. The first-order valence-corrected chi connectivity index (χ1v) is 6.07. The first-order chi connectivity index (χ1) is 7.16. The van der Waals surface area contributed by atoms with E-state index in [1.165, 1.54) is 27.7 Å². The summed E-state index contributed by atoms with van der Waals surface area (Å²) in [4.78, 5) is 11.0. The maximum Gasteiger partial charge on any atom is 0.343 e. The van der Waals surface area contributed by atoms with Crippen molar-refractivity contribution < 1.29 is 0 Å². The van der Waals surface area contributed by atoms with Crippen LogP contribution < -0.4 is 5.69 Å². The summed E-state index contributed by atoms with van der Waals surface area (Å²) in [5.74, 6) is 0.600. The number of rotatable bonds is 3. The van der Waals surface area contributed by atoms with Gasteiger partial charge in [-0.15, -0.1) is 15.3 Å². The van der Waals surface area contributed by atoms with Crippen LogP contribution in [0.4, 0.5) is 0 Å². The number of aromatic nitrogens is 5. The molecule has 0 fully saturated rings. The van der Waals surface area contributed by atoms with Gasteiger partial charge in [0.15, 0.2) is 5.16 Å². The second kappa shape index (κ2) is 4.33. The number of hydrogen-bond acceptors (Lipinski definition) is 6. The van der Waals surface area contributed by atoms with Crippen LogP contribution in [0.15, 0.2) is 9.95 Å². The van der Waals surface area contributed by atoms with Crippen molar-refractivity contribution in [1.82, 2.24) is 25.0 Å². The first kappa shape index (κ1) is 10.7. The number of H-pyrrole nitrogens is 1. The Labute approximate surface area is 97.7 Å². The minimum absolute atomic E-state index is 0.229. The fourth-order valence-corrected chi connectivity index (χ4v) is 2.65. The molecule has 0 bridgehead atoms. The van der Waals surface area contributed by atoms with E-state index in [9.17, 15) is 4.79 Å². The third-order valence-electron chi connectivity index (χ3n) is 1.61. The zero-order chi connectivity index (χ0) is 10.8. The largest absolute Gasteiger partial charge is 0.343 e. The molecule has 0 aliphatic heterocycles. The quantitative estimate of drug-likeness (QED) is 0.833.